The van der Waals surface area contributed by atoms with Crippen LogP contribution in [0, 0.1) is 16.6 Å². The molecule has 2 aromatic rings. The summed E-state index contributed by atoms with van der Waals surface area (Å²) in [5.41, 5.74) is 0.271. The summed E-state index contributed by atoms with van der Waals surface area (Å²) < 4.78 is 53.6. The van der Waals surface area contributed by atoms with Gasteiger partial charge in [0.1, 0.15) is 11.7 Å². The fraction of sp³-hybridized carbons (Fsp3) is 0.517. The van der Waals surface area contributed by atoms with E-state index in [1.807, 2.05) is 31.1 Å². The summed E-state index contributed by atoms with van der Waals surface area (Å²) in [5, 5.41) is 10.1. The average molecular weight is 544 g/mol. The Morgan fingerprint density at radius 1 is 1.00 bits per heavy atom. The lowest BCUT2D eigenvalue weighted by atomic mass is 9.76. The molecule has 4 aliphatic rings. The van der Waals surface area contributed by atoms with E-state index in [0.29, 0.717) is 12.1 Å². The number of nitrogens with one attached hydrogen (secondary N) is 3. The van der Waals surface area contributed by atoms with Crippen LogP contribution in [0.2, 0.25) is 0 Å². The van der Waals surface area contributed by atoms with Crippen molar-refractivity contribution >= 4 is 17.4 Å². The van der Waals surface area contributed by atoms with Crippen molar-refractivity contribution in [3.05, 3.63) is 65.0 Å². The van der Waals surface area contributed by atoms with Gasteiger partial charge in [0, 0.05) is 37.4 Å². The Morgan fingerprint density at radius 3 is 2.31 bits per heavy atom. The number of aliphatic imine (C=N–C) groups is 1. The quantitative estimate of drug-likeness (QED) is 0.454. The second kappa shape index (κ2) is 8.68. The number of amidine groups is 1. The molecule has 208 valence electrons. The van der Waals surface area contributed by atoms with Crippen LogP contribution in [-0.4, -0.2) is 48.6 Å². The van der Waals surface area contributed by atoms with Gasteiger partial charge in [-0.15, -0.1) is 0 Å². The molecule has 2 unspecified atom stereocenters. The number of carbonyl (C=O) groups is 1. The summed E-state index contributed by atoms with van der Waals surface area (Å²) >= 11 is 0. The predicted molar refractivity (Wildman–Crippen MR) is 141 cm³/mol. The average Bonchev–Trinajstić information content (AvgIpc) is 3.74. The Kier molecular flexibility index (Phi) is 5.81. The standard InChI is InChI=1S/C29H33F4N5O/c1-26(35-20-10-5-4-7-17(20)24(37-26)38(2)3)36-22-16-28(22)13-11-27(12-14-28)15-21(27)34-25(39)18-8-6-9-19(23(18)30)29(31,32)33/h4-10,21-22,35-36H,11-16H2,1-3H3,(H,34,39)/t21-,22?,26?,27?,28?/m1/s1. The molecule has 0 bridgehead atoms. The Labute approximate surface area is 225 Å². The van der Waals surface area contributed by atoms with E-state index in [2.05, 4.69) is 35.0 Å². The van der Waals surface area contributed by atoms with Crippen molar-refractivity contribution in [1.82, 2.24) is 15.5 Å². The third-order valence-electron chi connectivity index (χ3n) is 9.23. The molecule has 3 saturated carbocycles. The van der Waals surface area contributed by atoms with Gasteiger partial charge in [0.2, 0.25) is 0 Å². The van der Waals surface area contributed by atoms with Crippen LogP contribution >= 0.6 is 0 Å². The van der Waals surface area contributed by atoms with Gasteiger partial charge in [-0.25, -0.2) is 9.38 Å². The molecule has 6 nitrogen and oxygen atoms in total. The van der Waals surface area contributed by atoms with Crippen molar-refractivity contribution in [3.63, 3.8) is 0 Å². The van der Waals surface area contributed by atoms with Crippen LogP contribution in [0.15, 0.2) is 47.5 Å². The number of rotatable bonds is 4. The molecular formula is C29H33F4N5O. The smallest absolute Gasteiger partial charge is 0.362 e. The zero-order valence-electron chi connectivity index (χ0n) is 22.3. The second-order valence-electron chi connectivity index (χ2n) is 12.1. The van der Waals surface area contributed by atoms with E-state index < -0.39 is 34.8 Å². The molecule has 39 heavy (non-hydrogen) atoms. The minimum Gasteiger partial charge on any atom is -0.362 e. The van der Waals surface area contributed by atoms with Crippen LogP contribution < -0.4 is 16.0 Å². The summed E-state index contributed by atoms with van der Waals surface area (Å²) in [6.45, 7) is 2.06. The van der Waals surface area contributed by atoms with Crippen molar-refractivity contribution in [2.24, 2.45) is 15.8 Å². The summed E-state index contributed by atoms with van der Waals surface area (Å²) in [6.07, 6.45) is 0.862. The molecule has 0 saturated heterocycles. The highest BCUT2D eigenvalue weighted by Gasteiger charge is 2.64. The first-order chi connectivity index (χ1) is 18.3. The van der Waals surface area contributed by atoms with Gasteiger partial charge >= 0.3 is 6.18 Å². The molecular weight excluding hydrogens is 510 g/mol. The summed E-state index contributed by atoms with van der Waals surface area (Å²) in [5.74, 6) is -2.01. The zero-order valence-corrected chi connectivity index (χ0v) is 22.3. The molecule has 2 spiro atoms. The van der Waals surface area contributed by atoms with Crippen molar-refractivity contribution in [2.45, 2.75) is 69.5 Å². The van der Waals surface area contributed by atoms with Crippen molar-refractivity contribution < 1.29 is 22.4 Å². The highest BCUT2D eigenvalue weighted by Crippen LogP contribution is 2.66. The molecule has 0 radical (unpaired) electrons. The minimum absolute atomic E-state index is 0.0473. The lowest BCUT2D eigenvalue weighted by Crippen LogP contribution is -2.53. The second-order valence-corrected chi connectivity index (χ2v) is 12.1. The first-order valence-electron chi connectivity index (χ1n) is 13.4. The number of amides is 1. The molecule has 6 rings (SSSR count). The van der Waals surface area contributed by atoms with E-state index in [1.54, 1.807) is 0 Å². The molecule has 2 aromatic carbocycles. The van der Waals surface area contributed by atoms with Crippen LogP contribution in [0.25, 0.3) is 0 Å². The van der Waals surface area contributed by atoms with E-state index in [0.717, 1.165) is 67.7 Å². The van der Waals surface area contributed by atoms with Crippen molar-refractivity contribution in [3.8, 4) is 0 Å². The SMILES string of the molecule is CN(C)C1=NC(C)(NC2CC23CCC2(CC3)C[C@H]2NC(=O)c2cccc(C(F)(F)F)c2F)Nc2ccccc21. The number of hydrogen-bond acceptors (Lipinski definition) is 5. The molecule has 3 atom stereocenters. The number of nitrogens with zero attached hydrogens (tertiary/aromatic N) is 2. The molecule has 0 aromatic heterocycles. The van der Waals surface area contributed by atoms with Crippen LogP contribution in [0.1, 0.15) is 66.9 Å². The highest BCUT2D eigenvalue weighted by molar-refractivity contribution is 6.05. The Bertz CT molecular complexity index is 1350. The first-order valence-corrected chi connectivity index (χ1v) is 13.4. The number of para-hydroxylation sites is 1. The predicted octanol–water partition coefficient (Wildman–Crippen LogP) is 5.36. The number of benzene rings is 2. The fourth-order valence-electron chi connectivity index (χ4n) is 6.71. The van der Waals surface area contributed by atoms with Gasteiger partial charge in [0.15, 0.2) is 5.79 Å². The topological polar surface area (TPSA) is 68.8 Å². The Morgan fingerprint density at radius 2 is 1.64 bits per heavy atom. The molecule has 3 N–H and O–H groups in total. The summed E-state index contributed by atoms with van der Waals surface area (Å²) in [6, 6.07) is 11.1. The van der Waals surface area contributed by atoms with E-state index in [4.69, 9.17) is 4.99 Å². The fourth-order valence-corrected chi connectivity index (χ4v) is 6.71. The molecule has 3 aliphatic carbocycles. The van der Waals surface area contributed by atoms with Gasteiger partial charge in [0.05, 0.1) is 11.1 Å². The van der Waals surface area contributed by atoms with E-state index in [-0.39, 0.29) is 16.9 Å². The maximum absolute atomic E-state index is 14.4. The van der Waals surface area contributed by atoms with E-state index >= 15 is 0 Å². The molecule has 3 fully saturated rings. The zero-order chi connectivity index (χ0) is 27.8. The number of halogens is 4. The van der Waals surface area contributed by atoms with Gasteiger partial charge < -0.3 is 15.5 Å². The minimum atomic E-state index is -4.85. The number of hydrogen-bond donors (Lipinski definition) is 3. The molecule has 1 aliphatic heterocycles. The van der Waals surface area contributed by atoms with Crippen LogP contribution in [0.3, 0.4) is 0 Å². The van der Waals surface area contributed by atoms with Gasteiger partial charge in [-0.1, -0.05) is 18.2 Å². The lowest BCUT2D eigenvalue weighted by molar-refractivity contribution is -0.140. The molecule has 1 heterocycles. The molecule has 1 amide bonds. The van der Waals surface area contributed by atoms with E-state index in [9.17, 15) is 22.4 Å². The van der Waals surface area contributed by atoms with Gasteiger partial charge in [-0.3, -0.25) is 10.1 Å². The van der Waals surface area contributed by atoms with Crippen LogP contribution in [0.4, 0.5) is 23.2 Å². The highest BCUT2D eigenvalue weighted by atomic mass is 19.4. The summed E-state index contributed by atoms with van der Waals surface area (Å²) in [7, 11) is 3.99. The maximum atomic E-state index is 14.4. The number of anilines is 1. The van der Waals surface area contributed by atoms with Gasteiger partial charge in [-0.05, 0) is 80.5 Å². The van der Waals surface area contributed by atoms with Gasteiger partial charge in [0.25, 0.3) is 5.91 Å². The third-order valence-corrected chi connectivity index (χ3v) is 9.23. The Balaban J connectivity index is 1.07. The van der Waals surface area contributed by atoms with Crippen molar-refractivity contribution in [2.75, 3.05) is 19.4 Å². The summed E-state index contributed by atoms with van der Waals surface area (Å²) in [4.78, 5) is 19.7. The van der Waals surface area contributed by atoms with Gasteiger partial charge in [-0.2, -0.15) is 13.2 Å². The monoisotopic (exact) mass is 543 g/mol. The first kappa shape index (κ1) is 26.1. The number of carbonyl (C=O) groups excluding carboxylic acids is 1. The van der Waals surface area contributed by atoms with Crippen LogP contribution in [0.5, 0.6) is 0 Å². The maximum Gasteiger partial charge on any atom is 0.419 e. The number of fused-ring (bicyclic) bond motifs is 1. The normalized spacial score (nSPS) is 32.7. The largest absolute Gasteiger partial charge is 0.419 e. The van der Waals surface area contributed by atoms with Crippen molar-refractivity contribution in [1.29, 1.82) is 0 Å². The third kappa shape index (κ3) is 4.56. The van der Waals surface area contributed by atoms with Crippen LogP contribution in [-0.2, 0) is 6.18 Å². The molecule has 10 heteroatoms. The Hall–Kier alpha value is -3.14. The number of alkyl halides is 3. The lowest BCUT2D eigenvalue weighted by Gasteiger charge is -2.38. The van der Waals surface area contributed by atoms with E-state index in [1.165, 1.54) is 0 Å².